The summed E-state index contributed by atoms with van der Waals surface area (Å²) in [6.45, 7) is 3.11. The van der Waals surface area contributed by atoms with Crippen LogP contribution in [-0.4, -0.2) is 13.2 Å². The second-order valence-electron chi connectivity index (χ2n) is 3.14. The zero-order valence-electron chi connectivity index (χ0n) is 7.92. The van der Waals surface area contributed by atoms with E-state index in [0.29, 0.717) is 13.2 Å². The zero-order valence-corrected chi connectivity index (χ0v) is 9.50. The predicted molar refractivity (Wildman–Crippen MR) is 57.7 cm³/mol. The van der Waals surface area contributed by atoms with Crippen LogP contribution in [0.4, 0.5) is 0 Å². The molecule has 0 saturated carbocycles. The Hall–Kier alpha value is -0.740. The number of hydrogen-bond acceptors (Lipinski definition) is 3. The van der Waals surface area contributed by atoms with E-state index in [0.717, 1.165) is 21.5 Å². The lowest BCUT2D eigenvalue weighted by Gasteiger charge is -2.09. The second-order valence-corrected chi connectivity index (χ2v) is 3.99. The summed E-state index contributed by atoms with van der Waals surface area (Å²) >= 11 is 3.46. The number of rotatable bonds is 2. The molecule has 0 bridgehead atoms. The Morgan fingerprint density at radius 2 is 2.43 bits per heavy atom. The Morgan fingerprint density at radius 3 is 3.14 bits per heavy atom. The van der Waals surface area contributed by atoms with Crippen molar-refractivity contribution in [3.63, 3.8) is 0 Å². The number of benzene rings is 1. The van der Waals surface area contributed by atoms with E-state index in [2.05, 4.69) is 15.9 Å². The number of halogens is 1. The highest BCUT2D eigenvalue weighted by Gasteiger charge is 2.26. The third kappa shape index (κ3) is 1.48. The minimum Gasteiger partial charge on any atom is -0.490 e. The molecule has 0 amide bonds. The maximum absolute atomic E-state index is 5.90. The van der Waals surface area contributed by atoms with E-state index in [1.165, 1.54) is 0 Å². The lowest BCUT2D eigenvalue weighted by molar-refractivity contribution is 0.290. The molecule has 76 valence electrons. The molecule has 0 saturated heterocycles. The van der Waals surface area contributed by atoms with Crippen molar-refractivity contribution in [1.29, 1.82) is 0 Å². The minimum atomic E-state index is -0.0558. The maximum Gasteiger partial charge on any atom is 0.167 e. The van der Waals surface area contributed by atoms with Gasteiger partial charge in [-0.1, -0.05) is 15.9 Å². The van der Waals surface area contributed by atoms with Gasteiger partial charge >= 0.3 is 0 Å². The highest BCUT2D eigenvalue weighted by Crippen LogP contribution is 2.43. The van der Waals surface area contributed by atoms with Crippen molar-refractivity contribution in [2.75, 3.05) is 13.2 Å². The number of hydrogen-bond donors (Lipinski definition) is 1. The highest BCUT2D eigenvalue weighted by molar-refractivity contribution is 9.10. The van der Waals surface area contributed by atoms with Crippen LogP contribution in [0.5, 0.6) is 11.5 Å². The van der Waals surface area contributed by atoms with Gasteiger partial charge in [-0.2, -0.15) is 0 Å². The van der Waals surface area contributed by atoms with Gasteiger partial charge in [-0.15, -0.1) is 0 Å². The molecule has 0 fully saturated rings. The van der Waals surface area contributed by atoms with Crippen LogP contribution in [0.1, 0.15) is 18.5 Å². The van der Waals surface area contributed by atoms with Crippen molar-refractivity contribution in [3.8, 4) is 11.5 Å². The monoisotopic (exact) mass is 257 g/mol. The molecule has 3 nitrogen and oxygen atoms in total. The van der Waals surface area contributed by atoms with E-state index < -0.39 is 0 Å². The molecule has 1 aliphatic heterocycles. The van der Waals surface area contributed by atoms with Crippen molar-refractivity contribution < 1.29 is 9.47 Å². The molecule has 0 aliphatic carbocycles. The Balaban J connectivity index is 2.47. The normalized spacial score (nSPS) is 18.9. The zero-order chi connectivity index (χ0) is 10.1. The van der Waals surface area contributed by atoms with Crippen molar-refractivity contribution in [3.05, 3.63) is 22.2 Å². The lowest BCUT2D eigenvalue weighted by atomic mass is 10.1. The van der Waals surface area contributed by atoms with Crippen LogP contribution in [0.25, 0.3) is 0 Å². The first kappa shape index (κ1) is 9.80. The van der Waals surface area contributed by atoms with Gasteiger partial charge in [-0.05, 0) is 19.1 Å². The number of fused-ring (bicyclic) bond motifs is 1. The molecular weight excluding hydrogens is 246 g/mol. The fraction of sp³-hybridized carbons (Fsp3) is 0.400. The van der Waals surface area contributed by atoms with Crippen LogP contribution in [0.15, 0.2) is 16.6 Å². The van der Waals surface area contributed by atoms with E-state index >= 15 is 0 Å². The van der Waals surface area contributed by atoms with Gasteiger partial charge in [0.25, 0.3) is 0 Å². The molecule has 1 aromatic rings. The summed E-state index contributed by atoms with van der Waals surface area (Å²) in [4.78, 5) is 0. The molecule has 1 heterocycles. The van der Waals surface area contributed by atoms with E-state index in [-0.39, 0.29) is 6.04 Å². The minimum absolute atomic E-state index is 0.0558. The quantitative estimate of drug-likeness (QED) is 0.884. The Bertz CT molecular complexity index is 354. The smallest absolute Gasteiger partial charge is 0.167 e. The van der Waals surface area contributed by atoms with Gasteiger partial charge in [0.15, 0.2) is 11.5 Å². The fourth-order valence-corrected chi connectivity index (χ4v) is 2.18. The first-order valence-corrected chi connectivity index (χ1v) is 5.37. The molecular formula is C10H12BrNO2. The van der Waals surface area contributed by atoms with Gasteiger partial charge in [0.05, 0.1) is 12.6 Å². The van der Waals surface area contributed by atoms with Crippen molar-refractivity contribution in [1.82, 2.24) is 0 Å². The summed E-state index contributed by atoms with van der Waals surface area (Å²) in [6, 6.07) is 3.78. The molecule has 4 heteroatoms. The van der Waals surface area contributed by atoms with E-state index in [1.54, 1.807) is 0 Å². The summed E-state index contributed by atoms with van der Waals surface area (Å²) in [6.07, 6.45) is 0. The predicted octanol–water partition coefficient (Wildman–Crippen LogP) is 2.24. The van der Waals surface area contributed by atoms with Gasteiger partial charge in [-0.25, -0.2) is 0 Å². The summed E-state index contributed by atoms with van der Waals surface area (Å²) in [5.74, 6) is 1.56. The van der Waals surface area contributed by atoms with Crippen LogP contribution in [0.2, 0.25) is 0 Å². The second kappa shape index (κ2) is 3.79. The number of nitrogens with two attached hydrogens (primary N) is 1. The first-order valence-electron chi connectivity index (χ1n) is 4.57. The van der Waals surface area contributed by atoms with Gasteiger partial charge in [0, 0.05) is 10.0 Å². The standard InChI is InChI=1S/C10H12BrNO2/c1-2-13-8-4-3-6(11)9-7(12)5-14-10(8)9/h3-4,7H,2,5,12H2,1H3/t7-/m0/s1. The van der Waals surface area contributed by atoms with Crippen LogP contribution in [0.3, 0.4) is 0 Å². The summed E-state index contributed by atoms with van der Waals surface area (Å²) in [5.41, 5.74) is 6.91. The third-order valence-corrected chi connectivity index (χ3v) is 2.88. The highest BCUT2D eigenvalue weighted by atomic mass is 79.9. The largest absolute Gasteiger partial charge is 0.490 e. The Labute approximate surface area is 91.3 Å². The molecule has 1 atom stereocenters. The lowest BCUT2D eigenvalue weighted by Crippen LogP contribution is -2.11. The maximum atomic E-state index is 5.90. The summed E-state index contributed by atoms with van der Waals surface area (Å²) < 4.78 is 11.9. The molecule has 0 radical (unpaired) electrons. The SMILES string of the molecule is CCOc1ccc(Br)c2c1OC[C@@H]2N. The van der Waals surface area contributed by atoms with E-state index in [1.807, 2.05) is 19.1 Å². The molecule has 1 aromatic carbocycles. The first-order chi connectivity index (χ1) is 6.74. The third-order valence-electron chi connectivity index (χ3n) is 2.18. The Morgan fingerprint density at radius 1 is 1.64 bits per heavy atom. The van der Waals surface area contributed by atoms with Gasteiger partial charge in [0.2, 0.25) is 0 Å². The summed E-state index contributed by atoms with van der Waals surface area (Å²) in [7, 11) is 0. The molecule has 0 aromatic heterocycles. The van der Waals surface area contributed by atoms with Crippen molar-refractivity contribution in [2.24, 2.45) is 5.73 Å². The van der Waals surface area contributed by atoms with Crippen LogP contribution in [0, 0.1) is 0 Å². The fourth-order valence-electron chi connectivity index (χ4n) is 1.58. The van der Waals surface area contributed by atoms with Crippen LogP contribution >= 0.6 is 15.9 Å². The molecule has 0 unspecified atom stereocenters. The Kier molecular flexibility index (Phi) is 2.65. The molecule has 14 heavy (non-hydrogen) atoms. The van der Waals surface area contributed by atoms with Crippen molar-refractivity contribution >= 4 is 15.9 Å². The van der Waals surface area contributed by atoms with Gasteiger partial charge in [-0.3, -0.25) is 0 Å². The summed E-state index contributed by atoms with van der Waals surface area (Å²) in [5, 5.41) is 0. The number of ether oxygens (including phenoxy) is 2. The average molecular weight is 258 g/mol. The molecule has 0 spiro atoms. The van der Waals surface area contributed by atoms with Crippen molar-refractivity contribution in [2.45, 2.75) is 13.0 Å². The van der Waals surface area contributed by atoms with Crippen LogP contribution in [-0.2, 0) is 0 Å². The molecule has 2 N–H and O–H groups in total. The molecule has 1 aliphatic rings. The van der Waals surface area contributed by atoms with E-state index in [9.17, 15) is 0 Å². The van der Waals surface area contributed by atoms with Crippen LogP contribution < -0.4 is 15.2 Å². The average Bonchev–Trinajstić information content (AvgIpc) is 2.54. The van der Waals surface area contributed by atoms with Gasteiger partial charge in [0.1, 0.15) is 6.61 Å². The molecule has 2 rings (SSSR count). The topological polar surface area (TPSA) is 44.5 Å². The van der Waals surface area contributed by atoms with Gasteiger partial charge < -0.3 is 15.2 Å². The van der Waals surface area contributed by atoms with E-state index in [4.69, 9.17) is 15.2 Å².